The van der Waals surface area contributed by atoms with Crippen LogP contribution in [-0.2, 0) is 24.2 Å². The zero-order valence-corrected chi connectivity index (χ0v) is 16.8. The van der Waals surface area contributed by atoms with Crippen LogP contribution in [-0.4, -0.2) is 75.1 Å². The van der Waals surface area contributed by atoms with Crippen molar-refractivity contribution in [3.63, 3.8) is 0 Å². The van der Waals surface area contributed by atoms with Crippen molar-refractivity contribution in [3.05, 3.63) is 29.8 Å². The van der Waals surface area contributed by atoms with Gasteiger partial charge in [0.2, 0.25) is 5.91 Å². The van der Waals surface area contributed by atoms with Gasteiger partial charge in [0.1, 0.15) is 0 Å². The van der Waals surface area contributed by atoms with Gasteiger partial charge in [-0.15, -0.1) is 11.8 Å². The molecule has 1 aromatic rings. The number of rotatable bonds is 7. The van der Waals surface area contributed by atoms with E-state index in [4.69, 9.17) is 4.74 Å². The highest BCUT2D eigenvalue weighted by Gasteiger charge is 2.29. The number of nitrogens with zero attached hydrogens (tertiary/aromatic N) is 1. The molecule has 0 saturated carbocycles. The molecule has 0 radical (unpaired) electrons. The maximum Gasteiger partial charge on any atom is 0.339 e. The highest BCUT2D eigenvalue weighted by Crippen LogP contribution is 2.23. The van der Waals surface area contributed by atoms with Crippen LogP contribution in [0.1, 0.15) is 16.8 Å². The summed E-state index contributed by atoms with van der Waals surface area (Å²) in [6.45, 7) is -0.495. The standard InChI is InChI=1S/C17H22N2O6S2/c1-19(2)16(21)10-26-14-6-4-3-5-13(14)17(22)25-9-15(20)18-12-7-8-27(23,24)11-12/h3-6,12H,7-11H2,1-2H3,(H,18,20)/t12-/m1/s1. The van der Waals surface area contributed by atoms with Crippen molar-refractivity contribution in [3.8, 4) is 0 Å². The molecule has 1 fully saturated rings. The van der Waals surface area contributed by atoms with Gasteiger partial charge < -0.3 is 15.0 Å². The number of benzene rings is 1. The maximum atomic E-state index is 12.3. The molecule has 27 heavy (non-hydrogen) atoms. The lowest BCUT2D eigenvalue weighted by Gasteiger charge is -2.13. The Morgan fingerprint density at radius 1 is 1.26 bits per heavy atom. The number of esters is 1. The predicted molar refractivity (Wildman–Crippen MR) is 101 cm³/mol. The average Bonchev–Trinajstić information content (AvgIpc) is 2.96. The lowest BCUT2D eigenvalue weighted by molar-refractivity contribution is -0.126. The van der Waals surface area contributed by atoms with Crippen molar-refractivity contribution in [2.45, 2.75) is 17.4 Å². The first-order valence-corrected chi connectivity index (χ1v) is 11.1. The molecule has 0 unspecified atom stereocenters. The quantitative estimate of drug-likeness (QED) is 0.506. The molecule has 8 nitrogen and oxygen atoms in total. The van der Waals surface area contributed by atoms with Gasteiger partial charge in [0.25, 0.3) is 5.91 Å². The smallest absolute Gasteiger partial charge is 0.339 e. The summed E-state index contributed by atoms with van der Waals surface area (Å²) in [6, 6.07) is 6.23. The van der Waals surface area contributed by atoms with E-state index in [-0.39, 0.29) is 28.7 Å². The lowest BCUT2D eigenvalue weighted by Crippen LogP contribution is -2.38. The third-order valence-electron chi connectivity index (χ3n) is 3.89. The molecule has 1 saturated heterocycles. The molecule has 1 aromatic carbocycles. The van der Waals surface area contributed by atoms with Crippen LogP contribution in [0.5, 0.6) is 0 Å². The van der Waals surface area contributed by atoms with Gasteiger partial charge in [0.05, 0.1) is 22.8 Å². The van der Waals surface area contributed by atoms with E-state index in [1.54, 1.807) is 38.4 Å². The minimum Gasteiger partial charge on any atom is -0.452 e. The molecule has 10 heteroatoms. The van der Waals surface area contributed by atoms with E-state index >= 15 is 0 Å². The van der Waals surface area contributed by atoms with Gasteiger partial charge in [-0.3, -0.25) is 9.59 Å². The Morgan fingerprint density at radius 3 is 2.59 bits per heavy atom. The molecule has 1 atom stereocenters. The molecule has 2 rings (SSSR count). The molecule has 0 aromatic heterocycles. The molecule has 148 valence electrons. The van der Waals surface area contributed by atoms with Gasteiger partial charge in [-0.2, -0.15) is 0 Å². The van der Waals surface area contributed by atoms with Crippen molar-refractivity contribution in [2.75, 3.05) is 38.0 Å². The summed E-state index contributed by atoms with van der Waals surface area (Å²) in [7, 11) is 0.203. The molecule has 1 aliphatic rings. The number of carbonyl (C=O) groups excluding carboxylic acids is 3. The third-order valence-corrected chi connectivity index (χ3v) is 6.72. The third kappa shape index (κ3) is 6.55. The van der Waals surface area contributed by atoms with Crippen molar-refractivity contribution in [1.29, 1.82) is 0 Å². The Hall–Kier alpha value is -2.07. The number of hydrogen-bond donors (Lipinski definition) is 1. The summed E-state index contributed by atoms with van der Waals surface area (Å²) < 4.78 is 27.8. The maximum absolute atomic E-state index is 12.3. The van der Waals surface area contributed by atoms with Crippen LogP contribution in [0.15, 0.2) is 29.2 Å². The minimum atomic E-state index is -3.10. The SMILES string of the molecule is CN(C)C(=O)CSc1ccccc1C(=O)OCC(=O)N[C@@H]1CCS(=O)(=O)C1. The molecule has 0 spiro atoms. The van der Waals surface area contributed by atoms with E-state index in [2.05, 4.69) is 5.32 Å². The highest BCUT2D eigenvalue weighted by molar-refractivity contribution is 8.00. The van der Waals surface area contributed by atoms with Crippen LogP contribution >= 0.6 is 11.8 Å². The first-order chi connectivity index (χ1) is 12.7. The minimum absolute atomic E-state index is 0.0496. The van der Waals surface area contributed by atoms with E-state index < -0.39 is 34.4 Å². The summed E-state index contributed by atoms with van der Waals surface area (Å²) in [5.74, 6) is -1.18. The monoisotopic (exact) mass is 414 g/mol. The summed E-state index contributed by atoms with van der Waals surface area (Å²) in [5.41, 5.74) is 0.269. The summed E-state index contributed by atoms with van der Waals surface area (Å²) in [4.78, 5) is 37.9. The lowest BCUT2D eigenvalue weighted by atomic mass is 10.2. The topological polar surface area (TPSA) is 110 Å². The summed E-state index contributed by atoms with van der Waals surface area (Å²) in [6.07, 6.45) is 0.362. The second-order valence-corrected chi connectivity index (χ2v) is 9.56. The molecular formula is C17H22N2O6S2. The summed E-state index contributed by atoms with van der Waals surface area (Å²) in [5, 5.41) is 2.56. The number of sulfone groups is 1. The van der Waals surface area contributed by atoms with Gasteiger partial charge in [0.15, 0.2) is 16.4 Å². The molecular weight excluding hydrogens is 392 g/mol. The predicted octanol–water partition coefficient (Wildman–Crippen LogP) is 0.327. The number of amides is 2. The Kier molecular flexibility index (Phi) is 7.25. The number of carbonyl (C=O) groups is 3. The molecule has 0 bridgehead atoms. The fourth-order valence-electron chi connectivity index (χ4n) is 2.42. The normalized spacial score (nSPS) is 17.9. The number of nitrogens with one attached hydrogen (secondary N) is 1. The van der Waals surface area contributed by atoms with Gasteiger partial charge >= 0.3 is 5.97 Å². The molecule has 1 heterocycles. The van der Waals surface area contributed by atoms with Crippen molar-refractivity contribution < 1.29 is 27.5 Å². The Labute approximate surface area is 162 Å². The Balaban J connectivity index is 1.88. The first-order valence-electron chi connectivity index (χ1n) is 8.27. The van der Waals surface area contributed by atoms with Crippen LogP contribution in [0.3, 0.4) is 0 Å². The molecule has 1 N–H and O–H groups in total. The van der Waals surface area contributed by atoms with E-state index in [0.717, 1.165) is 0 Å². The van der Waals surface area contributed by atoms with Gasteiger partial charge in [-0.1, -0.05) is 12.1 Å². The second kappa shape index (κ2) is 9.23. The number of hydrogen-bond acceptors (Lipinski definition) is 7. The van der Waals surface area contributed by atoms with E-state index in [1.165, 1.54) is 16.7 Å². The molecule has 1 aliphatic heterocycles. The van der Waals surface area contributed by atoms with E-state index in [0.29, 0.717) is 11.3 Å². The van der Waals surface area contributed by atoms with Gasteiger partial charge in [0, 0.05) is 25.0 Å². The molecule has 0 aliphatic carbocycles. The van der Waals surface area contributed by atoms with E-state index in [1.807, 2.05) is 0 Å². The highest BCUT2D eigenvalue weighted by atomic mass is 32.2. The Bertz CT molecular complexity index is 822. The second-order valence-electron chi connectivity index (χ2n) is 6.32. The van der Waals surface area contributed by atoms with Gasteiger partial charge in [-0.25, -0.2) is 13.2 Å². The molecule has 2 amide bonds. The van der Waals surface area contributed by atoms with Crippen molar-refractivity contribution in [1.82, 2.24) is 10.2 Å². The van der Waals surface area contributed by atoms with Crippen LogP contribution in [0.4, 0.5) is 0 Å². The summed E-state index contributed by atoms with van der Waals surface area (Å²) >= 11 is 1.21. The zero-order valence-electron chi connectivity index (χ0n) is 15.1. The van der Waals surface area contributed by atoms with Gasteiger partial charge in [-0.05, 0) is 18.6 Å². The first kappa shape index (κ1) is 21.2. The Morgan fingerprint density at radius 2 is 1.96 bits per heavy atom. The fraction of sp³-hybridized carbons (Fsp3) is 0.471. The largest absolute Gasteiger partial charge is 0.452 e. The van der Waals surface area contributed by atoms with Crippen molar-refractivity contribution in [2.24, 2.45) is 0 Å². The fourth-order valence-corrected chi connectivity index (χ4v) is 5.11. The van der Waals surface area contributed by atoms with E-state index in [9.17, 15) is 22.8 Å². The van der Waals surface area contributed by atoms with Crippen molar-refractivity contribution >= 4 is 39.4 Å². The average molecular weight is 415 g/mol. The van der Waals surface area contributed by atoms with Crippen LogP contribution < -0.4 is 5.32 Å². The zero-order chi connectivity index (χ0) is 20.0. The number of thioether (sulfide) groups is 1. The van der Waals surface area contributed by atoms with Crippen LogP contribution in [0, 0.1) is 0 Å². The van der Waals surface area contributed by atoms with Crippen LogP contribution in [0.25, 0.3) is 0 Å². The van der Waals surface area contributed by atoms with Crippen LogP contribution in [0.2, 0.25) is 0 Å². The number of ether oxygens (including phenoxy) is 1.